The molecule has 0 heterocycles. The Kier molecular flexibility index (Phi) is 8.43. The lowest BCUT2D eigenvalue weighted by Crippen LogP contribution is -2.42. The summed E-state index contributed by atoms with van der Waals surface area (Å²) in [5.41, 5.74) is 0. The lowest BCUT2D eigenvalue weighted by molar-refractivity contribution is -0.127. The summed E-state index contributed by atoms with van der Waals surface area (Å²) >= 11 is 1.79. The van der Waals surface area contributed by atoms with Gasteiger partial charge in [-0.25, -0.2) is 4.99 Å². The van der Waals surface area contributed by atoms with Crippen molar-refractivity contribution >= 4 is 23.6 Å². The highest BCUT2D eigenvalue weighted by atomic mass is 32.2. The third-order valence-corrected chi connectivity index (χ3v) is 3.72. The molecule has 0 fully saturated rings. The van der Waals surface area contributed by atoms with E-state index < -0.39 is 0 Å². The fourth-order valence-corrected chi connectivity index (χ4v) is 2.36. The van der Waals surface area contributed by atoms with Crippen LogP contribution in [0.3, 0.4) is 0 Å². The number of aliphatic imine (C=N–C) groups is 1. The van der Waals surface area contributed by atoms with Crippen LogP contribution in [-0.2, 0) is 4.79 Å². The van der Waals surface area contributed by atoms with Crippen LogP contribution in [0.25, 0.3) is 0 Å². The minimum absolute atomic E-state index is 0.0106. The molecule has 0 radical (unpaired) electrons. The zero-order valence-corrected chi connectivity index (χ0v) is 14.6. The Morgan fingerprint density at radius 2 is 1.95 bits per heavy atom. The molecule has 122 valence electrons. The maximum atomic E-state index is 11.6. The number of likely N-dealkylation sites (N-methyl/N-ethyl adjacent to an activating group) is 1. The molecule has 0 bridgehead atoms. The highest BCUT2D eigenvalue weighted by Crippen LogP contribution is 2.15. The van der Waals surface area contributed by atoms with E-state index in [1.165, 1.54) is 4.90 Å². The van der Waals surface area contributed by atoms with Gasteiger partial charge in [0.15, 0.2) is 5.96 Å². The first-order valence-corrected chi connectivity index (χ1v) is 8.40. The van der Waals surface area contributed by atoms with E-state index in [9.17, 15) is 4.79 Å². The third-order valence-electron chi connectivity index (χ3n) is 2.70. The van der Waals surface area contributed by atoms with Crippen LogP contribution in [0.4, 0.5) is 0 Å². The second-order valence-electron chi connectivity index (χ2n) is 5.34. The SMILES string of the molecule is CC(C)NC(=NCC(=O)N(C)C)NCCSc1ccccc1. The van der Waals surface area contributed by atoms with Gasteiger partial charge in [-0.2, -0.15) is 0 Å². The molecule has 0 saturated carbocycles. The van der Waals surface area contributed by atoms with Gasteiger partial charge in [0, 0.05) is 37.3 Å². The second-order valence-corrected chi connectivity index (χ2v) is 6.51. The average Bonchev–Trinajstić information content (AvgIpc) is 2.49. The number of hydrogen-bond donors (Lipinski definition) is 2. The van der Waals surface area contributed by atoms with E-state index in [1.807, 2.05) is 32.0 Å². The van der Waals surface area contributed by atoms with Gasteiger partial charge in [-0.05, 0) is 26.0 Å². The van der Waals surface area contributed by atoms with Gasteiger partial charge in [0.25, 0.3) is 0 Å². The van der Waals surface area contributed by atoms with Crippen molar-refractivity contribution in [1.82, 2.24) is 15.5 Å². The molecule has 0 aliphatic rings. The van der Waals surface area contributed by atoms with E-state index in [0.717, 1.165) is 12.3 Å². The minimum atomic E-state index is -0.0106. The largest absolute Gasteiger partial charge is 0.356 e. The Bertz CT molecular complexity index is 474. The van der Waals surface area contributed by atoms with Crippen molar-refractivity contribution in [3.05, 3.63) is 30.3 Å². The molecule has 1 aromatic carbocycles. The molecule has 22 heavy (non-hydrogen) atoms. The first kappa shape index (κ1) is 18.4. The second kappa shape index (κ2) is 10.1. The van der Waals surface area contributed by atoms with E-state index in [-0.39, 0.29) is 18.5 Å². The zero-order chi connectivity index (χ0) is 16.4. The molecule has 6 heteroatoms. The van der Waals surface area contributed by atoms with Gasteiger partial charge in [-0.3, -0.25) is 4.79 Å². The fourth-order valence-electron chi connectivity index (χ4n) is 1.57. The predicted octanol–water partition coefficient (Wildman–Crippen LogP) is 1.81. The lowest BCUT2D eigenvalue weighted by atomic mass is 10.4. The van der Waals surface area contributed by atoms with Gasteiger partial charge < -0.3 is 15.5 Å². The number of carbonyl (C=O) groups is 1. The van der Waals surface area contributed by atoms with Crippen LogP contribution < -0.4 is 10.6 Å². The van der Waals surface area contributed by atoms with Crippen molar-refractivity contribution in [3.8, 4) is 0 Å². The number of benzene rings is 1. The number of guanidine groups is 1. The van der Waals surface area contributed by atoms with E-state index in [4.69, 9.17) is 0 Å². The maximum Gasteiger partial charge on any atom is 0.243 e. The van der Waals surface area contributed by atoms with Gasteiger partial charge in [0.1, 0.15) is 6.54 Å². The number of thioether (sulfide) groups is 1. The fraction of sp³-hybridized carbons (Fsp3) is 0.500. The number of rotatable bonds is 7. The molecule has 0 aromatic heterocycles. The molecular weight excluding hydrogens is 296 g/mol. The highest BCUT2D eigenvalue weighted by Gasteiger charge is 2.05. The van der Waals surface area contributed by atoms with Crippen LogP contribution in [0.1, 0.15) is 13.8 Å². The summed E-state index contributed by atoms with van der Waals surface area (Å²) in [6.07, 6.45) is 0. The van der Waals surface area contributed by atoms with Gasteiger partial charge in [0.05, 0.1) is 0 Å². The normalized spacial score (nSPS) is 11.4. The monoisotopic (exact) mass is 322 g/mol. The van der Waals surface area contributed by atoms with E-state index in [1.54, 1.807) is 30.8 Å². The van der Waals surface area contributed by atoms with Crippen molar-refractivity contribution in [2.24, 2.45) is 4.99 Å². The van der Waals surface area contributed by atoms with Crippen molar-refractivity contribution in [3.63, 3.8) is 0 Å². The Balaban J connectivity index is 2.40. The summed E-state index contributed by atoms with van der Waals surface area (Å²) in [5, 5.41) is 6.49. The van der Waals surface area contributed by atoms with Gasteiger partial charge in [-0.1, -0.05) is 18.2 Å². The molecule has 0 atom stereocenters. The molecule has 1 aromatic rings. The first-order valence-electron chi connectivity index (χ1n) is 7.42. The van der Waals surface area contributed by atoms with Crippen molar-refractivity contribution < 1.29 is 4.79 Å². The smallest absolute Gasteiger partial charge is 0.243 e. The van der Waals surface area contributed by atoms with Gasteiger partial charge in [0.2, 0.25) is 5.91 Å². The third kappa shape index (κ3) is 7.93. The number of amides is 1. The van der Waals surface area contributed by atoms with Crippen molar-refractivity contribution in [2.75, 3.05) is 32.9 Å². The summed E-state index contributed by atoms with van der Waals surface area (Å²) in [7, 11) is 3.47. The molecule has 0 aliphatic heterocycles. The number of nitrogens with zero attached hydrogens (tertiary/aromatic N) is 2. The van der Waals surface area contributed by atoms with Gasteiger partial charge in [-0.15, -0.1) is 11.8 Å². The van der Waals surface area contributed by atoms with E-state index in [2.05, 4.69) is 27.8 Å². The zero-order valence-electron chi connectivity index (χ0n) is 13.8. The molecule has 0 saturated heterocycles. The van der Waals surface area contributed by atoms with Crippen molar-refractivity contribution in [1.29, 1.82) is 0 Å². The van der Waals surface area contributed by atoms with E-state index >= 15 is 0 Å². The Morgan fingerprint density at radius 3 is 2.55 bits per heavy atom. The molecule has 5 nitrogen and oxygen atoms in total. The summed E-state index contributed by atoms with van der Waals surface area (Å²) in [4.78, 5) is 18.7. The maximum absolute atomic E-state index is 11.6. The molecule has 0 spiro atoms. The lowest BCUT2D eigenvalue weighted by Gasteiger charge is -2.15. The van der Waals surface area contributed by atoms with Crippen LogP contribution in [0.15, 0.2) is 40.2 Å². The number of carbonyl (C=O) groups excluding carboxylic acids is 1. The summed E-state index contributed by atoms with van der Waals surface area (Å²) in [6, 6.07) is 10.6. The topological polar surface area (TPSA) is 56.7 Å². The van der Waals surface area contributed by atoms with E-state index in [0.29, 0.717) is 5.96 Å². The predicted molar refractivity (Wildman–Crippen MR) is 94.4 cm³/mol. The van der Waals surface area contributed by atoms with Crippen LogP contribution in [0, 0.1) is 0 Å². The van der Waals surface area contributed by atoms with Crippen LogP contribution in [0.2, 0.25) is 0 Å². The molecular formula is C16H26N4OS. The Hall–Kier alpha value is -1.69. The highest BCUT2D eigenvalue weighted by molar-refractivity contribution is 7.99. The van der Waals surface area contributed by atoms with Crippen molar-refractivity contribution in [2.45, 2.75) is 24.8 Å². The van der Waals surface area contributed by atoms with Crippen LogP contribution in [-0.4, -0.2) is 55.7 Å². The molecule has 1 rings (SSSR count). The molecule has 0 aliphatic carbocycles. The standard InChI is InChI=1S/C16H26N4OS/c1-13(2)19-16(18-12-15(21)20(3)4)17-10-11-22-14-8-6-5-7-9-14/h5-9,13H,10-12H2,1-4H3,(H2,17,18,19). The molecule has 2 N–H and O–H groups in total. The summed E-state index contributed by atoms with van der Waals surface area (Å²) in [5.74, 6) is 1.60. The quantitative estimate of drug-likeness (QED) is 0.348. The van der Waals surface area contributed by atoms with Crippen LogP contribution >= 0.6 is 11.8 Å². The summed E-state index contributed by atoms with van der Waals surface area (Å²) < 4.78 is 0. The summed E-state index contributed by atoms with van der Waals surface area (Å²) in [6.45, 7) is 5.03. The molecule has 0 unspecified atom stereocenters. The number of nitrogens with one attached hydrogen (secondary N) is 2. The Morgan fingerprint density at radius 1 is 1.27 bits per heavy atom. The first-order chi connectivity index (χ1) is 10.5. The number of hydrogen-bond acceptors (Lipinski definition) is 3. The molecule has 1 amide bonds. The Labute approximate surface area is 137 Å². The average molecular weight is 322 g/mol. The minimum Gasteiger partial charge on any atom is -0.356 e. The van der Waals surface area contributed by atoms with Gasteiger partial charge >= 0.3 is 0 Å². The van der Waals surface area contributed by atoms with Crippen LogP contribution in [0.5, 0.6) is 0 Å².